The second kappa shape index (κ2) is 11.1. The van der Waals surface area contributed by atoms with Crippen LogP contribution in [-0.2, 0) is 4.74 Å². The molecule has 1 fully saturated rings. The molecule has 0 bridgehead atoms. The Labute approximate surface area is 217 Å². The van der Waals surface area contributed by atoms with Crippen molar-refractivity contribution in [2.45, 2.75) is 30.5 Å². The minimum Gasteiger partial charge on any atom is -0.496 e. The lowest BCUT2D eigenvalue weighted by Crippen LogP contribution is -2.55. The highest BCUT2D eigenvalue weighted by atomic mass is 16.5. The first kappa shape index (κ1) is 27.5. The molecule has 2 heterocycles. The van der Waals surface area contributed by atoms with E-state index in [-0.39, 0.29) is 45.1 Å². The van der Waals surface area contributed by atoms with Crippen molar-refractivity contribution in [2.24, 2.45) is 0 Å². The van der Waals surface area contributed by atoms with Gasteiger partial charge >= 0.3 is 0 Å². The molecule has 12 heteroatoms. The third-order valence-corrected chi connectivity index (χ3v) is 6.53. The third-order valence-electron chi connectivity index (χ3n) is 6.53. The Kier molecular flexibility index (Phi) is 7.99. The molecule has 3 aromatic rings. The van der Waals surface area contributed by atoms with Crippen LogP contribution in [0, 0.1) is 0 Å². The number of hydrogen-bond donors (Lipinski definition) is 4. The standard InChI is InChI=1S/C26H30O12/c1-32-12-8-13(33-2)18-14(9-12)37-24(11-6-15(34-3)25(36-5)16(7-11)35-4)19(21(18)29)26-23(31)22(30)20(28)17(10-27)38-26/h6-9,17,20,22-23,26-28,30-31H,10H2,1-5H3/t17-,20-,22+,23-,26+/m1/s1. The molecule has 4 N–H and O–H groups in total. The number of methoxy groups -OCH3 is 5. The fraction of sp³-hybridized carbons (Fsp3) is 0.423. The van der Waals surface area contributed by atoms with Crippen LogP contribution in [0.25, 0.3) is 22.3 Å². The fourth-order valence-corrected chi connectivity index (χ4v) is 4.58. The van der Waals surface area contributed by atoms with Gasteiger partial charge in [0.25, 0.3) is 0 Å². The Morgan fingerprint density at radius 1 is 0.789 bits per heavy atom. The van der Waals surface area contributed by atoms with Crippen molar-refractivity contribution in [1.82, 2.24) is 0 Å². The SMILES string of the molecule is COc1cc(OC)c2c(=O)c([C@@H]3O[C@H](CO)[C@@H](O)[C@H](O)[C@H]3O)c(-c3cc(OC)c(OC)c(OC)c3)oc2c1. The summed E-state index contributed by atoms with van der Waals surface area (Å²) >= 11 is 0. The maximum absolute atomic E-state index is 14.1. The predicted octanol–water partition coefficient (Wildman–Crippen LogP) is 1.02. The summed E-state index contributed by atoms with van der Waals surface area (Å²) < 4.78 is 39.0. The van der Waals surface area contributed by atoms with Crippen molar-refractivity contribution in [3.8, 4) is 40.1 Å². The van der Waals surface area contributed by atoms with E-state index in [1.54, 1.807) is 0 Å². The fourth-order valence-electron chi connectivity index (χ4n) is 4.58. The molecule has 0 saturated carbocycles. The van der Waals surface area contributed by atoms with E-state index < -0.39 is 42.6 Å². The summed E-state index contributed by atoms with van der Waals surface area (Å²) in [7, 11) is 7.10. The van der Waals surface area contributed by atoms with Gasteiger partial charge in [-0.1, -0.05) is 0 Å². The largest absolute Gasteiger partial charge is 0.496 e. The van der Waals surface area contributed by atoms with Gasteiger partial charge < -0.3 is 53.3 Å². The van der Waals surface area contributed by atoms with Gasteiger partial charge in [-0.2, -0.15) is 0 Å². The van der Waals surface area contributed by atoms with Crippen LogP contribution < -0.4 is 29.1 Å². The molecule has 1 aliphatic heterocycles. The molecule has 0 unspecified atom stereocenters. The minimum atomic E-state index is -1.75. The molecule has 12 nitrogen and oxygen atoms in total. The van der Waals surface area contributed by atoms with Gasteiger partial charge in [0.15, 0.2) is 11.5 Å². The first-order valence-corrected chi connectivity index (χ1v) is 11.6. The van der Waals surface area contributed by atoms with Crippen LogP contribution in [-0.4, -0.2) is 87.0 Å². The number of rotatable bonds is 8. The quantitative estimate of drug-likeness (QED) is 0.324. The Morgan fingerprint density at radius 2 is 1.42 bits per heavy atom. The van der Waals surface area contributed by atoms with Crippen molar-refractivity contribution in [2.75, 3.05) is 42.2 Å². The number of aliphatic hydroxyl groups excluding tert-OH is 4. The van der Waals surface area contributed by atoms with Crippen molar-refractivity contribution >= 4 is 11.0 Å². The summed E-state index contributed by atoms with van der Waals surface area (Å²) in [5.74, 6) is 1.24. The molecule has 0 radical (unpaired) electrons. The van der Waals surface area contributed by atoms with Crippen LogP contribution in [0.15, 0.2) is 33.5 Å². The predicted molar refractivity (Wildman–Crippen MR) is 133 cm³/mol. The van der Waals surface area contributed by atoms with E-state index in [9.17, 15) is 25.2 Å². The Bertz CT molecular complexity index is 1340. The second-order valence-electron chi connectivity index (χ2n) is 8.54. The summed E-state index contributed by atoms with van der Waals surface area (Å²) in [5, 5.41) is 41.5. The molecule has 0 aliphatic carbocycles. The van der Waals surface area contributed by atoms with E-state index in [2.05, 4.69) is 0 Å². The van der Waals surface area contributed by atoms with Crippen LogP contribution in [0.3, 0.4) is 0 Å². The van der Waals surface area contributed by atoms with Crippen molar-refractivity contribution in [3.63, 3.8) is 0 Å². The summed E-state index contributed by atoms with van der Waals surface area (Å²) in [5.41, 5.74) is -0.443. The highest BCUT2D eigenvalue weighted by Crippen LogP contribution is 2.45. The molecule has 4 rings (SSSR count). The maximum atomic E-state index is 14.1. The topological polar surface area (TPSA) is 167 Å². The number of fused-ring (bicyclic) bond motifs is 1. The van der Waals surface area contributed by atoms with Crippen LogP contribution in [0.2, 0.25) is 0 Å². The molecule has 1 saturated heterocycles. The summed E-state index contributed by atoms with van der Waals surface area (Å²) in [6.45, 7) is -0.680. The first-order valence-electron chi connectivity index (χ1n) is 11.6. The van der Waals surface area contributed by atoms with Gasteiger partial charge in [0.2, 0.25) is 11.2 Å². The molecular formula is C26H30O12. The summed E-state index contributed by atoms with van der Waals surface area (Å²) in [4.78, 5) is 14.1. The maximum Gasteiger partial charge on any atom is 0.203 e. The second-order valence-corrected chi connectivity index (χ2v) is 8.54. The van der Waals surface area contributed by atoms with Gasteiger partial charge in [-0.05, 0) is 12.1 Å². The monoisotopic (exact) mass is 534 g/mol. The van der Waals surface area contributed by atoms with E-state index in [1.165, 1.54) is 59.8 Å². The Hall–Kier alpha value is -3.55. The lowest BCUT2D eigenvalue weighted by molar-refractivity contribution is -0.232. The zero-order valence-corrected chi connectivity index (χ0v) is 21.5. The van der Waals surface area contributed by atoms with Crippen LogP contribution >= 0.6 is 0 Å². The molecule has 5 atom stereocenters. The van der Waals surface area contributed by atoms with Crippen molar-refractivity contribution < 1.29 is 53.3 Å². The van der Waals surface area contributed by atoms with Gasteiger partial charge in [0.05, 0.1) is 47.7 Å². The third kappa shape index (κ3) is 4.50. The molecule has 38 heavy (non-hydrogen) atoms. The van der Waals surface area contributed by atoms with Crippen molar-refractivity contribution in [3.05, 3.63) is 40.1 Å². The van der Waals surface area contributed by atoms with E-state index >= 15 is 0 Å². The van der Waals surface area contributed by atoms with Crippen LogP contribution in [0.5, 0.6) is 28.7 Å². The molecule has 206 valence electrons. The number of hydrogen-bond acceptors (Lipinski definition) is 12. The summed E-state index contributed by atoms with van der Waals surface area (Å²) in [6.07, 6.45) is -7.88. The van der Waals surface area contributed by atoms with Gasteiger partial charge in [-0.15, -0.1) is 0 Å². The van der Waals surface area contributed by atoms with E-state index in [4.69, 9.17) is 32.8 Å². The molecule has 1 aliphatic rings. The highest BCUT2D eigenvalue weighted by Gasteiger charge is 2.46. The molecule has 1 aromatic heterocycles. The first-order chi connectivity index (χ1) is 18.2. The molecular weight excluding hydrogens is 504 g/mol. The van der Waals surface area contributed by atoms with Crippen LogP contribution in [0.4, 0.5) is 0 Å². The number of ether oxygens (including phenoxy) is 6. The number of benzene rings is 2. The van der Waals surface area contributed by atoms with Gasteiger partial charge in [-0.3, -0.25) is 4.79 Å². The average molecular weight is 535 g/mol. The van der Waals surface area contributed by atoms with E-state index in [0.29, 0.717) is 11.5 Å². The summed E-state index contributed by atoms with van der Waals surface area (Å²) in [6, 6.07) is 6.07. The average Bonchev–Trinajstić information content (AvgIpc) is 2.94. The number of aliphatic hydroxyl groups is 4. The van der Waals surface area contributed by atoms with Crippen LogP contribution in [0.1, 0.15) is 11.7 Å². The lowest BCUT2D eigenvalue weighted by atomic mass is 9.89. The molecule has 0 amide bonds. The zero-order valence-electron chi connectivity index (χ0n) is 21.5. The smallest absolute Gasteiger partial charge is 0.203 e. The Balaban J connectivity index is 2.11. The normalized spacial score (nSPS) is 23.2. The minimum absolute atomic E-state index is 0.0245. The molecule has 0 spiro atoms. The molecule has 2 aromatic carbocycles. The van der Waals surface area contributed by atoms with Gasteiger partial charge in [0.1, 0.15) is 58.7 Å². The highest BCUT2D eigenvalue weighted by molar-refractivity contribution is 5.88. The lowest BCUT2D eigenvalue weighted by Gasteiger charge is -2.40. The van der Waals surface area contributed by atoms with E-state index in [1.807, 2.05) is 0 Å². The van der Waals surface area contributed by atoms with E-state index in [0.717, 1.165) is 0 Å². The van der Waals surface area contributed by atoms with Gasteiger partial charge in [-0.25, -0.2) is 0 Å². The Morgan fingerprint density at radius 3 is 1.95 bits per heavy atom. The van der Waals surface area contributed by atoms with Crippen molar-refractivity contribution in [1.29, 1.82) is 0 Å². The van der Waals surface area contributed by atoms with Gasteiger partial charge in [0, 0.05) is 17.7 Å². The zero-order chi connectivity index (χ0) is 27.7.